The first kappa shape index (κ1) is 85.0. The van der Waals surface area contributed by atoms with Crippen molar-refractivity contribution in [2.75, 3.05) is 19.8 Å². The molecule has 0 aromatic heterocycles. The van der Waals surface area contributed by atoms with Crippen LogP contribution in [0.4, 0.5) is 0 Å². The molecule has 0 aliphatic carbocycles. The van der Waals surface area contributed by atoms with E-state index >= 15 is 0 Å². The van der Waals surface area contributed by atoms with Gasteiger partial charge in [-0.25, -0.2) is 0 Å². The van der Waals surface area contributed by atoms with Crippen LogP contribution in [0.2, 0.25) is 0 Å². The van der Waals surface area contributed by atoms with Crippen LogP contribution in [0.15, 0.2) is 48.6 Å². The largest absolute Gasteiger partial charge is 0.394 e. The normalized spacial score (nSPS) is 23.0. The molecule has 2 heterocycles. The van der Waals surface area contributed by atoms with Crippen LogP contribution in [0.1, 0.15) is 341 Å². The Kier molecular flexibility index (Phi) is 57.5. The van der Waals surface area contributed by atoms with Gasteiger partial charge in [-0.1, -0.05) is 319 Å². The van der Waals surface area contributed by atoms with E-state index in [2.05, 4.69) is 55.6 Å². The van der Waals surface area contributed by atoms with Crippen molar-refractivity contribution in [2.45, 2.75) is 415 Å². The first-order chi connectivity index (χ1) is 44.6. The summed E-state index contributed by atoms with van der Waals surface area (Å²) in [6.07, 6.45) is 64.7. The molecule has 534 valence electrons. The average molecular weight is 1290 g/mol. The maximum atomic E-state index is 13.4. The zero-order valence-corrected chi connectivity index (χ0v) is 58.3. The smallest absolute Gasteiger partial charge is 0.220 e. The molecule has 9 N–H and O–H groups in total. The average Bonchev–Trinajstić information content (AvgIpc) is 1.25. The van der Waals surface area contributed by atoms with Crippen molar-refractivity contribution < 1.29 is 64.6 Å². The third-order valence-corrected chi connectivity index (χ3v) is 18.7. The van der Waals surface area contributed by atoms with Crippen LogP contribution in [0.3, 0.4) is 0 Å². The Morgan fingerprint density at radius 3 is 1.14 bits per heavy atom. The zero-order chi connectivity index (χ0) is 65.9. The van der Waals surface area contributed by atoms with Gasteiger partial charge in [0.05, 0.1) is 32.0 Å². The second-order valence-corrected chi connectivity index (χ2v) is 27.1. The zero-order valence-electron chi connectivity index (χ0n) is 58.3. The van der Waals surface area contributed by atoms with Crippen LogP contribution in [0.25, 0.3) is 0 Å². The van der Waals surface area contributed by atoms with Crippen molar-refractivity contribution >= 4 is 5.91 Å². The molecular formula is C77H143NO13. The highest BCUT2D eigenvalue weighted by Crippen LogP contribution is 2.30. The molecule has 12 unspecified atom stereocenters. The summed E-state index contributed by atoms with van der Waals surface area (Å²) in [7, 11) is 0. The van der Waals surface area contributed by atoms with Gasteiger partial charge < -0.3 is 65.1 Å². The molecule has 2 aliphatic heterocycles. The number of allylic oxidation sites excluding steroid dienone is 7. The highest BCUT2D eigenvalue weighted by Gasteiger charge is 2.51. The van der Waals surface area contributed by atoms with Crippen molar-refractivity contribution in [3.8, 4) is 0 Å². The fraction of sp³-hybridized carbons (Fsp3) is 0.883. The lowest BCUT2D eigenvalue weighted by atomic mass is 9.97. The highest BCUT2D eigenvalue weighted by molar-refractivity contribution is 5.76. The second-order valence-electron chi connectivity index (χ2n) is 27.1. The van der Waals surface area contributed by atoms with Crippen LogP contribution >= 0.6 is 0 Å². The van der Waals surface area contributed by atoms with Crippen LogP contribution in [-0.4, -0.2) is 140 Å². The number of aliphatic hydroxyl groups excluding tert-OH is 8. The maximum absolute atomic E-state index is 13.4. The predicted octanol–water partition coefficient (Wildman–Crippen LogP) is 16.6. The van der Waals surface area contributed by atoms with E-state index in [0.717, 1.165) is 38.5 Å². The number of unbranched alkanes of at least 4 members (excludes halogenated alkanes) is 45. The van der Waals surface area contributed by atoms with E-state index in [0.29, 0.717) is 12.8 Å². The van der Waals surface area contributed by atoms with Gasteiger partial charge in [0.15, 0.2) is 12.6 Å². The first-order valence-corrected chi connectivity index (χ1v) is 38.4. The fourth-order valence-corrected chi connectivity index (χ4v) is 12.6. The van der Waals surface area contributed by atoms with Crippen LogP contribution in [0.5, 0.6) is 0 Å². The highest BCUT2D eigenvalue weighted by atomic mass is 16.7. The monoisotopic (exact) mass is 1290 g/mol. The minimum Gasteiger partial charge on any atom is -0.394 e. The number of rotatable bonds is 64. The van der Waals surface area contributed by atoms with Crippen molar-refractivity contribution in [3.05, 3.63) is 48.6 Å². The number of carbonyl (C=O) groups excluding carboxylic acids is 1. The van der Waals surface area contributed by atoms with E-state index in [4.69, 9.17) is 18.9 Å². The molecular weight excluding hydrogens is 1150 g/mol. The van der Waals surface area contributed by atoms with Crippen molar-refractivity contribution in [3.63, 3.8) is 0 Å². The summed E-state index contributed by atoms with van der Waals surface area (Å²) in [5, 5.41) is 87.6. The molecule has 0 aromatic carbocycles. The molecule has 0 radical (unpaired) electrons. The van der Waals surface area contributed by atoms with Crippen molar-refractivity contribution in [1.29, 1.82) is 0 Å². The van der Waals surface area contributed by atoms with Crippen LogP contribution < -0.4 is 5.32 Å². The number of ether oxygens (including phenoxy) is 4. The van der Waals surface area contributed by atoms with Gasteiger partial charge >= 0.3 is 0 Å². The molecule has 2 fully saturated rings. The second kappa shape index (κ2) is 61.5. The van der Waals surface area contributed by atoms with Gasteiger partial charge in [0.2, 0.25) is 5.91 Å². The predicted molar refractivity (Wildman–Crippen MR) is 374 cm³/mol. The summed E-state index contributed by atoms with van der Waals surface area (Å²) in [6, 6.07) is -0.933. The third-order valence-electron chi connectivity index (χ3n) is 18.7. The number of carbonyl (C=O) groups is 1. The van der Waals surface area contributed by atoms with E-state index < -0.39 is 86.8 Å². The number of hydrogen-bond donors (Lipinski definition) is 9. The van der Waals surface area contributed by atoms with Crippen LogP contribution in [-0.2, 0) is 23.7 Å². The molecule has 0 spiro atoms. The Bertz CT molecular complexity index is 1710. The summed E-state index contributed by atoms with van der Waals surface area (Å²) in [4.78, 5) is 13.4. The summed E-state index contributed by atoms with van der Waals surface area (Å²) in [5.41, 5.74) is 0. The topological polar surface area (TPSA) is 228 Å². The molecule has 1 amide bonds. The summed E-state index contributed by atoms with van der Waals surface area (Å²) in [6.45, 7) is 2.82. The number of amides is 1. The summed E-state index contributed by atoms with van der Waals surface area (Å²) >= 11 is 0. The Hall–Kier alpha value is -2.05. The SMILES string of the molecule is CCCCCCC/C=C\C/C=C\CCCCCCCCCCCCCCCCCCCCCC(=O)NC(COC1OC(CO)C(OC2OC(CO)C(O)C(O)C2O)C(O)C1O)C(O)/C=C/CC/C=C/CCCCCCCCCCCCCCCCCCCCCC. The minimum atomic E-state index is -1.79. The molecule has 12 atom stereocenters. The number of nitrogens with one attached hydrogen (secondary N) is 1. The molecule has 2 aliphatic rings. The Morgan fingerprint density at radius 2 is 0.736 bits per heavy atom. The van der Waals surface area contributed by atoms with Gasteiger partial charge in [-0.15, -0.1) is 0 Å². The van der Waals surface area contributed by atoms with E-state index in [1.807, 2.05) is 6.08 Å². The van der Waals surface area contributed by atoms with E-state index in [1.54, 1.807) is 6.08 Å². The Balaban J connectivity index is 1.65. The van der Waals surface area contributed by atoms with Gasteiger partial charge in [0.25, 0.3) is 0 Å². The van der Waals surface area contributed by atoms with Gasteiger partial charge in [0.1, 0.15) is 48.8 Å². The van der Waals surface area contributed by atoms with Crippen molar-refractivity contribution in [1.82, 2.24) is 5.32 Å². The van der Waals surface area contributed by atoms with E-state index in [9.17, 15) is 45.6 Å². The lowest BCUT2D eigenvalue weighted by Gasteiger charge is -2.46. The number of hydrogen-bond acceptors (Lipinski definition) is 13. The molecule has 91 heavy (non-hydrogen) atoms. The van der Waals surface area contributed by atoms with Gasteiger partial charge in [-0.05, 0) is 64.2 Å². The van der Waals surface area contributed by atoms with Gasteiger partial charge in [-0.2, -0.15) is 0 Å². The lowest BCUT2D eigenvalue weighted by Crippen LogP contribution is -2.65. The molecule has 14 nitrogen and oxygen atoms in total. The number of aliphatic hydroxyl groups is 8. The molecule has 2 rings (SSSR count). The van der Waals surface area contributed by atoms with Crippen LogP contribution in [0, 0.1) is 0 Å². The lowest BCUT2D eigenvalue weighted by molar-refractivity contribution is -0.359. The fourth-order valence-electron chi connectivity index (χ4n) is 12.6. The standard InChI is InChI=1S/C77H143NO13/c1-3-5-7-9-11-13-15-17-19-21-23-25-27-29-31-32-33-34-35-37-39-41-43-45-47-49-51-53-55-57-59-61-69(82)78-65(64-88-76-74(87)72(85)75(68(63-80)90-76)91-77-73(86)71(84)70(83)67(62-79)89-77)66(81)60-58-56-54-52-50-48-46-44-42-40-38-36-30-28-26-24-22-20-18-16-14-12-10-8-6-4-2/h15,17,21,23,50,52,58,60,65-68,70-77,79-81,83-87H,3-14,16,18-20,22,24-49,51,53-57,59,61-64H2,1-2H3,(H,78,82)/b17-15-,23-21-,52-50+,60-58+. The molecule has 2 saturated heterocycles. The van der Waals surface area contributed by atoms with Gasteiger partial charge in [0, 0.05) is 6.42 Å². The van der Waals surface area contributed by atoms with Crippen molar-refractivity contribution in [2.24, 2.45) is 0 Å². The molecule has 14 heteroatoms. The molecule has 0 aromatic rings. The minimum absolute atomic E-state index is 0.243. The maximum Gasteiger partial charge on any atom is 0.220 e. The molecule has 0 saturated carbocycles. The molecule has 0 bridgehead atoms. The van der Waals surface area contributed by atoms with E-state index in [1.165, 1.54) is 270 Å². The first-order valence-electron chi connectivity index (χ1n) is 38.4. The Labute approximate surface area is 556 Å². The Morgan fingerprint density at radius 1 is 0.396 bits per heavy atom. The van der Waals surface area contributed by atoms with Gasteiger partial charge in [-0.3, -0.25) is 4.79 Å². The quantitative estimate of drug-likeness (QED) is 0.0204. The summed E-state index contributed by atoms with van der Waals surface area (Å²) in [5.74, 6) is -0.243. The van der Waals surface area contributed by atoms with E-state index in [-0.39, 0.29) is 18.9 Å². The summed E-state index contributed by atoms with van der Waals surface area (Å²) < 4.78 is 22.9. The third kappa shape index (κ3) is 45.2.